The molecule has 1 aliphatic heterocycles. The van der Waals surface area contributed by atoms with E-state index in [9.17, 15) is 9.59 Å². The van der Waals surface area contributed by atoms with Gasteiger partial charge in [-0.2, -0.15) is 0 Å². The molecule has 2 aromatic carbocycles. The zero-order valence-electron chi connectivity index (χ0n) is 21.0. The number of benzene rings is 2. The molecule has 3 aromatic rings. The molecule has 186 valence electrons. The first-order chi connectivity index (χ1) is 16.9. The van der Waals surface area contributed by atoms with E-state index < -0.39 is 5.91 Å². The van der Waals surface area contributed by atoms with Crippen LogP contribution in [0.5, 0.6) is 0 Å². The Morgan fingerprint density at radius 2 is 1.77 bits per heavy atom. The maximum Gasteiger partial charge on any atom is 0.251 e. The van der Waals surface area contributed by atoms with E-state index in [2.05, 4.69) is 42.3 Å². The van der Waals surface area contributed by atoms with Gasteiger partial charge < -0.3 is 25.3 Å². The Hall–Kier alpha value is -3.00. The zero-order valence-corrected chi connectivity index (χ0v) is 21.0. The molecular weight excluding hydrogens is 440 g/mol. The maximum absolute atomic E-state index is 12.9. The number of amides is 1. The first-order valence-corrected chi connectivity index (χ1v) is 12.3. The fourth-order valence-corrected chi connectivity index (χ4v) is 4.89. The minimum Gasteiger partial charge on any atom is -0.380 e. The van der Waals surface area contributed by atoms with Gasteiger partial charge in [0.25, 0.3) is 5.56 Å². The molecule has 2 heterocycles. The largest absolute Gasteiger partial charge is 0.380 e. The van der Waals surface area contributed by atoms with E-state index in [4.69, 9.17) is 10.5 Å². The van der Waals surface area contributed by atoms with Crippen LogP contribution in [0.2, 0.25) is 0 Å². The lowest BCUT2D eigenvalue weighted by atomic mass is 10.0. The SMILES string of the molecule is COCc1ccc2c(C(N)=O)cc(=O)n(CCN3CCC(NCc4ccc(C)c(C)c4)CC3)c2c1. The molecule has 0 atom stereocenters. The van der Waals surface area contributed by atoms with E-state index in [1.165, 1.54) is 22.8 Å². The summed E-state index contributed by atoms with van der Waals surface area (Å²) in [5.41, 5.74) is 11.3. The van der Waals surface area contributed by atoms with Crippen molar-refractivity contribution in [1.82, 2.24) is 14.8 Å². The number of nitrogens with zero attached hydrogens (tertiary/aromatic N) is 2. The van der Waals surface area contributed by atoms with Crippen molar-refractivity contribution in [2.24, 2.45) is 5.73 Å². The predicted molar refractivity (Wildman–Crippen MR) is 140 cm³/mol. The quantitative estimate of drug-likeness (QED) is 0.495. The Bertz CT molecular complexity index is 1260. The second-order valence-electron chi connectivity index (χ2n) is 9.61. The second kappa shape index (κ2) is 11.2. The van der Waals surface area contributed by atoms with Crippen molar-refractivity contribution in [3.63, 3.8) is 0 Å². The minimum atomic E-state index is -0.589. The summed E-state index contributed by atoms with van der Waals surface area (Å²) in [5, 5.41) is 4.41. The van der Waals surface area contributed by atoms with Crippen molar-refractivity contribution in [2.45, 2.75) is 52.4 Å². The summed E-state index contributed by atoms with van der Waals surface area (Å²) in [6, 6.07) is 14.2. The van der Waals surface area contributed by atoms with Crippen LogP contribution >= 0.6 is 0 Å². The molecule has 0 radical (unpaired) electrons. The molecule has 35 heavy (non-hydrogen) atoms. The highest BCUT2D eigenvalue weighted by Gasteiger charge is 2.20. The van der Waals surface area contributed by atoms with Crippen molar-refractivity contribution in [3.8, 4) is 0 Å². The number of ether oxygens (including phenoxy) is 1. The number of hydrogen-bond donors (Lipinski definition) is 2. The van der Waals surface area contributed by atoms with Crippen molar-refractivity contribution >= 4 is 16.8 Å². The van der Waals surface area contributed by atoms with Gasteiger partial charge in [-0.1, -0.05) is 30.3 Å². The Kier molecular flexibility index (Phi) is 8.00. The highest BCUT2D eigenvalue weighted by Crippen LogP contribution is 2.20. The number of pyridine rings is 1. The first-order valence-electron chi connectivity index (χ1n) is 12.3. The number of nitrogens with two attached hydrogens (primary N) is 1. The topological polar surface area (TPSA) is 89.6 Å². The van der Waals surface area contributed by atoms with Gasteiger partial charge in [-0.25, -0.2) is 0 Å². The van der Waals surface area contributed by atoms with Crippen LogP contribution in [0.1, 0.15) is 45.5 Å². The van der Waals surface area contributed by atoms with Crippen molar-refractivity contribution in [1.29, 1.82) is 0 Å². The summed E-state index contributed by atoms with van der Waals surface area (Å²) in [7, 11) is 1.64. The van der Waals surface area contributed by atoms with Gasteiger partial charge >= 0.3 is 0 Å². The normalized spacial score (nSPS) is 15.1. The number of methoxy groups -OCH3 is 1. The predicted octanol–water partition coefficient (Wildman–Crippen LogP) is 3.12. The van der Waals surface area contributed by atoms with Gasteiger partial charge in [0.15, 0.2) is 0 Å². The average molecular weight is 477 g/mol. The van der Waals surface area contributed by atoms with Crippen LogP contribution in [0.3, 0.4) is 0 Å². The highest BCUT2D eigenvalue weighted by molar-refractivity contribution is 6.05. The van der Waals surface area contributed by atoms with Gasteiger partial charge in [0.05, 0.1) is 17.7 Å². The Labute approximate surface area is 206 Å². The first kappa shape index (κ1) is 25.1. The summed E-state index contributed by atoms with van der Waals surface area (Å²) in [5.74, 6) is -0.589. The standard InChI is InChI=1S/C28H36N4O3/c1-19-4-5-21(14-20(19)2)17-30-23-8-10-31(11-9-23)12-13-32-26-15-22(18-35-3)6-7-24(26)25(28(29)34)16-27(32)33/h4-7,14-16,23,30H,8-13,17-18H2,1-3H3,(H2,29,34). The van der Waals surface area contributed by atoms with E-state index >= 15 is 0 Å². The molecule has 3 N–H and O–H groups in total. The molecule has 0 aliphatic carbocycles. The number of rotatable bonds is 9. The molecule has 0 unspecified atom stereocenters. The lowest BCUT2D eigenvalue weighted by Gasteiger charge is -2.32. The summed E-state index contributed by atoms with van der Waals surface area (Å²) < 4.78 is 7.01. The number of carbonyl (C=O) groups is 1. The Balaban J connectivity index is 1.39. The monoisotopic (exact) mass is 476 g/mol. The molecule has 1 aliphatic rings. The van der Waals surface area contributed by atoms with Crippen molar-refractivity contribution in [3.05, 3.63) is 80.6 Å². The molecule has 1 aromatic heterocycles. The fourth-order valence-electron chi connectivity index (χ4n) is 4.89. The van der Waals surface area contributed by atoms with E-state index in [1.54, 1.807) is 11.7 Å². The third-order valence-electron chi connectivity index (χ3n) is 7.15. The third-order valence-corrected chi connectivity index (χ3v) is 7.15. The van der Waals surface area contributed by atoms with E-state index in [1.807, 2.05) is 18.2 Å². The molecule has 0 spiro atoms. The maximum atomic E-state index is 12.9. The summed E-state index contributed by atoms with van der Waals surface area (Å²) in [6.07, 6.45) is 2.16. The van der Waals surface area contributed by atoms with Crippen LogP contribution in [0.25, 0.3) is 10.9 Å². The number of hydrogen-bond acceptors (Lipinski definition) is 5. The smallest absolute Gasteiger partial charge is 0.251 e. The van der Waals surface area contributed by atoms with Crippen LogP contribution in [0.4, 0.5) is 0 Å². The number of fused-ring (bicyclic) bond motifs is 1. The summed E-state index contributed by atoms with van der Waals surface area (Å²) in [4.78, 5) is 27.3. The van der Waals surface area contributed by atoms with Gasteiger partial charge in [-0.3, -0.25) is 9.59 Å². The van der Waals surface area contributed by atoms with Gasteiger partial charge in [0, 0.05) is 44.2 Å². The number of aryl methyl sites for hydroxylation is 2. The number of piperidine rings is 1. The molecule has 4 rings (SSSR count). The fraction of sp³-hybridized carbons (Fsp3) is 0.429. The molecule has 1 amide bonds. The van der Waals surface area contributed by atoms with Crippen molar-refractivity contribution < 1.29 is 9.53 Å². The molecule has 7 heteroatoms. The van der Waals surface area contributed by atoms with Gasteiger partial charge in [0.1, 0.15) is 0 Å². The number of likely N-dealkylation sites (tertiary alicyclic amines) is 1. The number of nitrogens with one attached hydrogen (secondary N) is 1. The number of aromatic nitrogens is 1. The van der Waals surface area contributed by atoms with Gasteiger partial charge in [-0.05, 0) is 68.1 Å². The molecule has 0 bridgehead atoms. The highest BCUT2D eigenvalue weighted by atomic mass is 16.5. The van der Waals surface area contributed by atoms with E-state index in [-0.39, 0.29) is 11.1 Å². The summed E-state index contributed by atoms with van der Waals surface area (Å²) >= 11 is 0. The van der Waals surface area contributed by atoms with E-state index in [0.717, 1.165) is 50.1 Å². The van der Waals surface area contributed by atoms with Crippen molar-refractivity contribution in [2.75, 3.05) is 26.7 Å². The van der Waals surface area contributed by atoms with Crippen LogP contribution in [0.15, 0.2) is 47.3 Å². The van der Waals surface area contributed by atoms with Crippen LogP contribution < -0.4 is 16.6 Å². The van der Waals surface area contributed by atoms with Gasteiger partial charge in [-0.15, -0.1) is 0 Å². The lowest BCUT2D eigenvalue weighted by molar-refractivity contribution is 0.100. The third kappa shape index (κ3) is 5.99. The van der Waals surface area contributed by atoms with Gasteiger partial charge in [0.2, 0.25) is 5.91 Å². The van der Waals surface area contributed by atoms with Crippen LogP contribution in [-0.4, -0.2) is 48.2 Å². The molecule has 7 nitrogen and oxygen atoms in total. The Morgan fingerprint density at radius 1 is 1.03 bits per heavy atom. The molecule has 1 saturated heterocycles. The minimum absolute atomic E-state index is 0.203. The van der Waals surface area contributed by atoms with Crippen LogP contribution in [0, 0.1) is 13.8 Å². The number of carbonyl (C=O) groups excluding carboxylic acids is 1. The lowest BCUT2D eigenvalue weighted by Crippen LogP contribution is -2.43. The second-order valence-corrected chi connectivity index (χ2v) is 9.61. The molecule has 1 fully saturated rings. The Morgan fingerprint density at radius 3 is 2.46 bits per heavy atom. The van der Waals surface area contributed by atoms with Crippen LogP contribution in [-0.2, 0) is 24.4 Å². The summed E-state index contributed by atoms with van der Waals surface area (Å²) in [6.45, 7) is 8.96. The average Bonchev–Trinajstić information content (AvgIpc) is 2.84. The molecular formula is C28H36N4O3. The zero-order chi connectivity index (χ0) is 24.9. The van der Waals surface area contributed by atoms with E-state index in [0.29, 0.717) is 24.6 Å². The number of primary amides is 1. The molecule has 0 saturated carbocycles.